The summed E-state index contributed by atoms with van der Waals surface area (Å²) in [4.78, 5) is 41.5. The van der Waals surface area contributed by atoms with Crippen LogP contribution in [0.4, 0.5) is 5.69 Å². The molecule has 2 heterocycles. The van der Waals surface area contributed by atoms with Crippen LogP contribution in [0, 0.1) is 6.92 Å². The van der Waals surface area contributed by atoms with Crippen molar-refractivity contribution in [1.82, 2.24) is 10.3 Å². The van der Waals surface area contributed by atoms with Crippen molar-refractivity contribution in [2.75, 3.05) is 11.9 Å². The van der Waals surface area contributed by atoms with Gasteiger partial charge in [0.05, 0.1) is 4.88 Å². The predicted octanol–water partition coefficient (Wildman–Crippen LogP) is 4.06. The molecule has 2 aromatic carbocycles. The number of esters is 1. The number of thiophene rings is 1. The molecule has 33 heavy (non-hydrogen) atoms. The number of carbonyl (C=O) groups excluding carboxylic acids is 3. The first-order valence-corrected chi connectivity index (χ1v) is 11.3. The summed E-state index contributed by atoms with van der Waals surface area (Å²) in [5, 5.41) is 8.23. The Labute approximate surface area is 194 Å². The zero-order valence-electron chi connectivity index (χ0n) is 18.0. The molecule has 2 amide bonds. The van der Waals surface area contributed by atoms with Crippen LogP contribution < -0.4 is 10.6 Å². The average molecular weight is 462 g/mol. The number of rotatable bonds is 8. The first-order valence-electron chi connectivity index (χ1n) is 10.4. The second kappa shape index (κ2) is 10.1. The Bertz CT molecular complexity index is 1280. The second-order valence-electron chi connectivity index (χ2n) is 7.54. The number of ether oxygens (including phenoxy) is 1. The van der Waals surface area contributed by atoms with Crippen molar-refractivity contribution in [2.45, 2.75) is 19.4 Å². The lowest BCUT2D eigenvalue weighted by atomic mass is 10.0. The van der Waals surface area contributed by atoms with Crippen LogP contribution in [0.25, 0.3) is 10.9 Å². The number of hydrogen-bond donors (Lipinski definition) is 3. The molecule has 4 rings (SSSR count). The molecule has 0 bridgehead atoms. The maximum atomic E-state index is 12.9. The minimum Gasteiger partial charge on any atom is -0.454 e. The molecule has 0 aliphatic carbocycles. The number of benzene rings is 2. The van der Waals surface area contributed by atoms with Crippen molar-refractivity contribution >= 4 is 45.7 Å². The van der Waals surface area contributed by atoms with Gasteiger partial charge in [0.2, 0.25) is 0 Å². The molecule has 2 aromatic heterocycles. The van der Waals surface area contributed by atoms with Crippen molar-refractivity contribution < 1.29 is 19.1 Å². The number of aryl methyl sites for hydroxylation is 1. The van der Waals surface area contributed by atoms with E-state index >= 15 is 0 Å². The second-order valence-corrected chi connectivity index (χ2v) is 8.49. The van der Waals surface area contributed by atoms with E-state index in [1.165, 1.54) is 11.3 Å². The molecular formula is C25H23N3O4S. The predicted molar refractivity (Wildman–Crippen MR) is 128 cm³/mol. The Hall–Kier alpha value is -3.91. The molecule has 0 fully saturated rings. The summed E-state index contributed by atoms with van der Waals surface area (Å²) in [5.41, 5.74) is 3.35. The van der Waals surface area contributed by atoms with Gasteiger partial charge in [0, 0.05) is 29.2 Å². The van der Waals surface area contributed by atoms with Crippen LogP contribution in [-0.2, 0) is 20.7 Å². The fourth-order valence-electron chi connectivity index (χ4n) is 3.49. The number of para-hydroxylation sites is 2. The van der Waals surface area contributed by atoms with E-state index in [-0.39, 0.29) is 12.3 Å². The van der Waals surface area contributed by atoms with Crippen molar-refractivity contribution in [2.24, 2.45) is 0 Å². The molecule has 0 spiro atoms. The van der Waals surface area contributed by atoms with Gasteiger partial charge in [-0.15, -0.1) is 11.3 Å². The van der Waals surface area contributed by atoms with Gasteiger partial charge in [-0.1, -0.05) is 42.5 Å². The molecule has 0 saturated carbocycles. The number of hydrogen-bond acceptors (Lipinski definition) is 5. The van der Waals surface area contributed by atoms with Crippen LogP contribution in [0.1, 0.15) is 20.8 Å². The molecule has 4 aromatic rings. The smallest absolute Gasteiger partial charge is 0.329 e. The minimum atomic E-state index is -0.954. The normalized spacial score (nSPS) is 11.7. The van der Waals surface area contributed by atoms with Gasteiger partial charge in [-0.25, -0.2) is 4.79 Å². The summed E-state index contributed by atoms with van der Waals surface area (Å²) in [7, 11) is 0. The summed E-state index contributed by atoms with van der Waals surface area (Å²) in [6, 6.07) is 17.5. The lowest BCUT2D eigenvalue weighted by Crippen LogP contribution is -2.43. The summed E-state index contributed by atoms with van der Waals surface area (Å²) >= 11 is 1.28. The van der Waals surface area contributed by atoms with Gasteiger partial charge in [0.25, 0.3) is 11.8 Å². The summed E-state index contributed by atoms with van der Waals surface area (Å²) in [6.07, 6.45) is 2.03. The van der Waals surface area contributed by atoms with Gasteiger partial charge in [-0.3, -0.25) is 9.59 Å². The minimum absolute atomic E-state index is 0.222. The highest BCUT2D eigenvalue weighted by Crippen LogP contribution is 2.20. The maximum absolute atomic E-state index is 12.9. The maximum Gasteiger partial charge on any atom is 0.329 e. The number of aromatic amines is 1. The molecule has 0 aliphatic rings. The number of aromatic nitrogens is 1. The van der Waals surface area contributed by atoms with Gasteiger partial charge in [-0.2, -0.15) is 0 Å². The van der Waals surface area contributed by atoms with Gasteiger partial charge in [-0.05, 0) is 41.6 Å². The van der Waals surface area contributed by atoms with Crippen LogP contribution >= 0.6 is 11.3 Å². The fraction of sp³-hybridized carbons (Fsp3) is 0.160. The van der Waals surface area contributed by atoms with Gasteiger partial charge >= 0.3 is 5.97 Å². The number of H-pyrrole nitrogens is 1. The molecule has 0 unspecified atom stereocenters. The van der Waals surface area contributed by atoms with Crippen molar-refractivity contribution in [3.63, 3.8) is 0 Å². The van der Waals surface area contributed by atoms with Gasteiger partial charge in [0.1, 0.15) is 6.04 Å². The summed E-state index contributed by atoms with van der Waals surface area (Å²) in [6.45, 7) is 1.42. The highest BCUT2D eigenvalue weighted by atomic mass is 32.1. The first kappa shape index (κ1) is 22.3. The third-order valence-corrected chi connectivity index (χ3v) is 6.07. The van der Waals surface area contributed by atoms with E-state index in [4.69, 9.17) is 4.74 Å². The van der Waals surface area contributed by atoms with Crippen molar-refractivity contribution in [3.8, 4) is 0 Å². The highest BCUT2D eigenvalue weighted by molar-refractivity contribution is 7.12. The Balaban J connectivity index is 1.46. The molecule has 1 atom stereocenters. The van der Waals surface area contributed by atoms with Gasteiger partial charge < -0.3 is 20.4 Å². The zero-order chi connectivity index (χ0) is 23.2. The van der Waals surface area contributed by atoms with Crippen LogP contribution in [0.15, 0.2) is 72.2 Å². The van der Waals surface area contributed by atoms with E-state index in [9.17, 15) is 14.4 Å². The van der Waals surface area contributed by atoms with E-state index < -0.39 is 24.5 Å². The molecule has 7 nitrogen and oxygen atoms in total. The first-order chi connectivity index (χ1) is 16.0. The monoisotopic (exact) mass is 461 g/mol. The Morgan fingerprint density at radius 1 is 1.03 bits per heavy atom. The van der Waals surface area contributed by atoms with E-state index in [2.05, 4.69) is 15.6 Å². The summed E-state index contributed by atoms with van der Waals surface area (Å²) in [5.74, 6) is -1.49. The molecule has 0 saturated heterocycles. The summed E-state index contributed by atoms with van der Waals surface area (Å²) < 4.78 is 5.28. The molecule has 8 heteroatoms. The number of nitrogens with one attached hydrogen (secondary N) is 3. The van der Waals surface area contributed by atoms with Gasteiger partial charge in [0.15, 0.2) is 6.61 Å². The Morgan fingerprint density at radius 2 is 1.82 bits per heavy atom. The lowest BCUT2D eigenvalue weighted by molar-refractivity contribution is -0.149. The molecule has 0 aliphatic heterocycles. The quantitative estimate of drug-likeness (QED) is 0.345. The van der Waals surface area contributed by atoms with Crippen LogP contribution in [0.3, 0.4) is 0 Å². The zero-order valence-corrected chi connectivity index (χ0v) is 18.8. The van der Waals surface area contributed by atoms with Crippen molar-refractivity contribution in [3.05, 3.63) is 88.2 Å². The largest absolute Gasteiger partial charge is 0.454 e. The number of amides is 2. The van der Waals surface area contributed by atoms with E-state index in [0.29, 0.717) is 10.6 Å². The SMILES string of the molecule is Cc1ccccc1NC(=O)COC(=O)[C@H](Cc1c[nH]c2ccccc12)NC(=O)c1cccs1. The number of carbonyl (C=O) groups is 3. The molecule has 0 radical (unpaired) electrons. The number of anilines is 1. The number of fused-ring (bicyclic) bond motifs is 1. The standard InChI is InChI=1S/C25H23N3O4S/c1-16-7-2-4-9-19(16)27-23(29)15-32-25(31)21(28-24(30)22-11-6-12-33-22)13-17-14-26-20-10-5-3-8-18(17)20/h2-12,14,21,26H,13,15H2,1H3,(H,27,29)(H,28,30)/t21-/m0/s1. The van der Waals surface area contributed by atoms with E-state index in [1.807, 2.05) is 55.6 Å². The fourth-order valence-corrected chi connectivity index (χ4v) is 4.11. The Morgan fingerprint density at radius 3 is 2.61 bits per heavy atom. The average Bonchev–Trinajstić information content (AvgIpc) is 3.49. The van der Waals surface area contributed by atoms with Crippen LogP contribution in [-0.4, -0.2) is 35.4 Å². The molecule has 3 N–H and O–H groups in total. The highest BCUT2D eigenvalue weighted by Gasteiger charge is 2.25. The van der Waals surface area contributed by atoms with E-state index in [0.717, 1.165) is 22.0 Å². The van der Waals surface area contributed by atoms with Crippen molar-refractivity contribution in [1.29, 1.82) is 0 Å². The van der Waals surface area contributed by atoms with Crippen LogP contribution in [0.2, 0.25) is 0 Å². The van der Waals surface area contributed by atoms with Crippen LogP contribution in [0.5, 0.6) is 0 Å². The Kier molecular flexibility index (Phi) is 6.85. The third kappa shape index (κ3) is 5.48. The molecular weight excluding hydrogens is 438 g/mol. The lowest BCUT2D eigenvalue weighted by Gasteiger charge is -2.17. The van der Waals surface area contributed by atoms with E-state index in [1.54, 1.807) is 23.6 Å². The third-order valence-electron chi connectivity index (χ3n) is 5.20. The molecule has 168 valence electrons. The topological polar surface area (TPSA) is 100 Å².